The van der Waals surface area contributed by atoms with Crippen molar-refractivity contribution >= 4 is 44.8 Å². The van der Waals surface area contributed by atoms with Gasteiger partial charge >= 0.3 is 0 Å². The fourth-order valence-corrected chi connectivity index (χ4v) is 1.97. The third-order valence-electron chi connectivity index (χ3n) is 2.17. The Morgan fingerprint density at radius 1 is 1.06 bits per heavy atom. The Morgan fingerprint density at radius 3 is 2.50 bits per heavy atom. The second-order valence-electron chi connectivity index (χ2n) is 3.48. The molecule has 0 aromatic heterocycles. The minimum absolute atomic E-state index is 0.0554. The van der Waals surface area contributed by atoms with Crippen LogP contribution in [0, 0.1) is 5.82 Å². The molecule has 2 N–H and O–H groups in total. The van der Waals surface area contributed by atoms with Gasteiger partial charge in [0, 0.05) is 10.5 Å². The molecule has 0 aliphatic carbocycles. The molecule has 94 valence electrons. The largest absolute Gasteiger partial charge is 0.453 e. The molecule has 0 saturated carbocycles. The summed E-state index contributed by atoms with van der Waals surface area (Å²) in [5.41, 5.74) is 5.93. The first-order valence-corrected chi connectivity index (χ1v) is 6.39. The van der Waals surface area contributed by atoms with Gasteiger partial charge in [0.25, 0.3) is 0 Å². The molecule has 2 rings (SSSR count). The number of halogens is 4. The lowest BCUT2D eigenvalue weighted by Crippen LogP contribution is -1.94. The van der Waals surface area contributed by atoms with Crippen molar-refractivity contribution in [3.63, 3.8) is 0 Å². The molecule has 0 unspecified atom stereocenters. The molecule has 0 heterocycles. The zero-order chi connectivity index (χ0) is 13.3. The highest BCUT2D eigenvalue weighted by atomic mass is 79.9. The predicted molar refractivity (Wildman–Crippen MR) is 75.0 cm³/mol. The molecule has 0 aliphatic rings. The van der Waals surface area contributed by atoms with Crippen molar-refractivity contribution in [3.05, 3.63) is 50.7 Å². The van der Waals surface area contributed by atoms with Crippen LogP contribution in [-0.4, -0.2) is 0 Å². The summed E-state index contributed by atoms with van der Waals surface area (Å²) in [5, 5.41) is 0.341. The predicted octanol–water partition coefficient (Wildman–Crippen LogP) is 5.27. The summed E-state index contributed by atoms with van der Waals surface area (Å²) in [7, 11) is 0. The first kappa shape index (κ1) is 13.5. The third-order valence-corrected chi connectivity index (χ3v) is 3.26. The Morgan fingerprint density at radius 2 is 1.78 bits per heavy atom. The Bertz CT molecular complexity index is 607. The second kappa shape index (κ2) is 5.34. The minimum Gasteiger partial charge on any atom is -0.453 e. The molecule has 6 heteroatoms. The lowest BCUT2D eigenvalue weighted by molar-refractivity contribution is 0.479. The standard InChI is InChI=1S/C12H7BrCl2FNO/c13-6-1-2-7(14)11(3-6)18-12-5-9(16)8(15)4-10(12)17/h1-5H,17H2. The Kier molecular flexibility index (Phi) is 4.00. The quantitative estimate of drug-likeness (QED) is 0.749. The highest BCUT2D eigenvalue weighted by Crippen LogP contribution is 2.36. The van der Waals surface area contributed by atoms with E-state index in [1.807, 2.05) is 0 Å². The SMILES string of the molecule is Nc1cc(Cl)c(F)cc1Oc1cc(Br)ccc1Cl. The highest BCUT2D eigenvalue weighted by Gasteiger charge is 2.10. The average molecular weight is 351 g/mol. The van der Waals surface area contributed by atoms with Gasteiger partial charge in [0.2, 0.25) is 0 Å². The first-order valence-electron chi connectivity index (χ1n) is 4.85. The van der Waals surface area contributed by atoms with Crippen molar-refractivity contribution in [2.75, 3.05) is 5.73 Å². The highest BCUT2D eigenvalue weighted by molar-refractivity contribution is 9.10. The van der Waals surface area contributed by atoms with Crippen LogP contribution in [0.3, 0.4) is 0 Å². The lowest BCUT2D eigenvalue weighted by Gasteiger charge is -2.11. The molecule has 2 aromatic carbocycles. The molecule has 0 radical (unpaired) electrons. The van der Waals surface area contributed by atoms with E-state index in [1.54, 1.807) is 18.2 Å². The van der Waals surface area contributed by atoms with E-state index in [2.05, 4.69) is 15.9 Å². The third kappa shape index (κ3) is 2.88. The molecule has 0 amide bonds. The topological polar surface area (TPSA) is 35.2 Å². The number of nitrogen functional groups attached to an aromatic ring is 1. The molecule has 0 bridgehead atoms. The van der Waals surface area contributed by atoms with E-state index in [0.29, 0.717) is 10.8 Å². The lowest BCUT2D eigenvalue weighted by atomic mass is 10.3. The second-order valence-corrected chi connectivity index (χ2v) is 5.21. The molecular weight excluding hydrogens is 344 g/mol. The Labute approximate surface area is 122 Å². The maximum absolute atomic E-state index is 13.3. The van der Waals surface area contributed by atoms with E-state index in [4.69, 9.17) is 33.7 Å². The summed E-state index contributed by atoms with van der Waals surface area (Å²) < 4.78 is 19.6. The average Bonchev–Trinajstić information content (AvgIpc) is 2.30. The maximum Gasteiger partial charge on any atom is 0.153 e. The molecule has 0 atom stereocenters. The van der Waals surface area contributed by atoms with E-state index < -0.39 is 5.82 Å². The van der Waals surface area contributed by atoms with Crippen molar-refractivity contribution in [1.29, 1.82) is 0 Å². The van der Waals surface area contributed by atoms with Crippen molar-refractivity contribution < 1.29 is 9.13 Å². The summed E-state index contributed by atoms with van der Waals surface area (Å²) >= 11 is 14.9. The van der Waals surface area contributed by atoms with Crippen LogP contribution in [0.15, 0.2) is 34.8 Å². The van der Waals surface area contributed by atoms with Crippen LogP contribution in [-0.2, 0) is 0 Å². The number of nitrogens with two attached hydrogens (primary N) is 1. The van der Waals surface area contributed by atoms with Crippen molar-refractivity contribution in [1.82, 2.24) is 0 Å². The fraction of sp³-hybridized carbons (Fsp3) is 0. The van der Waals surface area contributed by atoms with E-state index >= 15 is 0 Å². The van der Waals surface area contributed by atoms with Gasteiger partial charge in [-0.1, -0.05) is 39.1 Å². The zero-order valence-corrected chi connectivity index (χ0v) is 12.0. The van der Waals surface area contributed by atoms with Crippen LogP contribution < -0.4 is 10.5 Å². The van der Waals surface area contributed by atoms with Crippen LogP contribution in [0.25, 0.3) is 0 Å². The number of hydrogen-bond donors (Lipinski definition) is 1. The number of hydrogen-bond acceptors (Lipinski definition) is 2. The van der Waals surface area contributed by atoms with Gasteiger partial charge in [-0.05, 0) is 24.3 Å². The van der Waals surface area contributed by atoms with Gasteiger partial charge in [0.15, 0.2) is 5.75 Å². The zero-order valence-electron chi connectivity index (χ0n) is 8.88. The number of ether oxygens (including phenoxy) is 1. The minimum atomic E-state index is -0.605. The smallest absolute Gasteiger partial charge is 0.153 e. The van der Waals surface area contributed by atoms with Gasteiger partial charge < -0.3 is 10.5 Å². The van der Waals surface area contributed by atoms with Gasteiger partial charge in [-0.2, -0.15) is 0 Å². The summed E-state index contributed by atoms with van der Waals surface area (Å²) in [5.74, 6) is -0.0663. The fourth-order valence-electron chi connectivity index (χ4n) is 1.31. The van der Waals surface area contributed by atoms with Gasteiger partial charge in [0.05, 0.1) is 15.7 Å². The van der Waals surface area contributed by atoms with Gasteiger partial charge in [0.1, 0.15) is 11.6 Å². The van der Waals surface area contributed by atoms with Gasteiger partial charge in [-0.25, -0.2) is 4.39 Å². The van der Waals surface area contributed by atoms with Crippen LogP contribution in [0.2, 0.25) is 10.0 Å². The van der Waals surface area contributed by atoms with Crippen molar-refractivity contribution in [3.8, 4) is 11.5 Å². The summed E-state index contributed by atoms with van der Waals surface area (Å²) in [6, 6.07) is 7.49. The molecule has 2 aromatic rings. The molecule has 0 saturated heterocycles. The molecule has 2 nitrogen and oxygen atoms in total. The number of anilines is 1. The summed E-state index contributed by atoms with van der Waals surface area (Å²) in [4.78, 5) is 0. The Hall–Kier alpha value is -0.970. The first-order chi connectivity index (χ1) is 8.47. The summed E-state index contributed by atoms with van der Waals surface area (Å²) in [6.45, 7) is 0. The normalized spacial score (nSPS) is 10.4. The van der Waals surface area contributed by atoms with E-state index in [9.17, 15) is 4.39 Å². The molecule has 18 heavy (non-hydrogen) atoms. The van der Waals surface area contributed by atoms with Crippen LogP contribution in [0.4, 0.5) is 10.1 Å². The van der Waals surface area contributed by atoms with Crippen molar-refractivity contribution in [2.24, 2.45) is 0 Å². The molecule has 0 fully saturated rings. The molecule has 0 aliphatic heterocycles. The van der Waals surface area contributed by atoms with Crippen LogP contribution in [0.5, 0.6) is 11.5 Å². The monoisotopic (exact) mass is 349 g/mol. The number of benzene rings is 2. The summed E-state index contributed by atoms with van der Waals surface area (Å²) in [6.07, 6.45) is 0. The molecule has 0 spiro atoms. The maximum atomic E-state index is 13.3. The van der Waals surface area contributed by atoms with Gasteiger partial charge in [-0.3, -0.25) is 0 Å². The van der Waals surface area contributed by atoms with Crippen LogP contribution >= 0.6 is 39.1 Å². The van der Waals surface area contributed by atoms with Crippen molar-refractivity contribution in [2.45, 2.75) is 0 Å². The van der Waals surface area contributed by atoms with E-state index in [1.165, 1.54) is 6.07 Å². The van der Waals surface area contributed by atoms with E-state index in [0.717, 1.165) is 10.5 Å². The van der Waals surface area contributed by atoms with Gasteiger partial charge in [-0.15, -0.1) is 0 Å². The van der Waals surface area contributed by atoms with E-state index in [-0.39, 0.29) is 16.5 Å². The molecular formula is C12H7BrCl2FNO. The number of rotatable bonds is 2. The Balaban J connectivity index is 2.40. The van der Waals surface area contributed by atoms with Crippen LogP contribution in [0.1, 0.15) is 0 Å².